The molecule has 2 nitrogen and oxygen atoms in total. The van der Waals surface area contributed by atoms with Gasteiger partial charge in [0.2, 0.25) is 0 Å². The highest BCUT2D eigenvalue weighted by atomic mass is 15.0. The van der Waals surface area contributed by atoms with Gasteiger partial charge in [0.15, 0.2) is 0 Å². The van der Waals surface area contributed by atoms with Gasteiger partial charge in [-0.2, -0.15) is 0 Å². The minimum atomic E-state index is 0.363. The Balaban J connectivity index is 0.000000184. The number of piperidine rings is 2. The molecule has 108 valence electrons. The van der Waals surface area contributed by atoms with Crippen molar-refractivity contribution in [1.29, 1.82) is 0 Å². The lowest BCUT2D eigenvalue weighted by Gasteiger charge is -2.42. The van der Waals surface area contributed by atoms with Gasteiger partial charge < -0.3 is 10.6 Å². The molecular formula is C16H34N2. The van der Waals surface area contributed by atoms with Crippen LogP contribution in [0.25, 0.3) is 0 Å². The van der Waals surface area contributed by atoms with E-state index in [2.05, 4.69) is 52.2 Å². The zero-order valence-corrected chi connectivity index (χ0v) is 13.4. The minimum absolute atomic E-state index is 0.363. The molecule has 18 heavy (non-hydrogen) atoms. The van der Waals surface area contributed by atoms with E-state index in [-0.39, 0.29) is 0 Å². The standard InChI is InChI=1S/C9H19N.C7H15N/c1-8(2)6-5-7-9(3,4)10-8;1-6-4-3-5-7(2)8-6/h10H,5-7H2,1-4H3;6-8H,3-5H2,1-2H3. The molecule has 0 amide bonds. The molecule has 0 spiro atoms. The summed E-state index contributed by atoms with van der Waals surface area (Å²) in [6, 6.07) is 1.53. The molecule has 2 fully saturated rings. The number of nitrogens with one attached hydrogen (secondary N) is 2. The van der Waals surface area contributed by atoms with Gasteiger partial charge in [-0.3, -0.25) is 0 Å². The quantitative estimate of drug-likeness (QED) is 0.686. The molecule has 0 aromatic carbocycles. The van der Waals surface area contributed by atoms with Crippen LogP contribution in [0.15, 0.2) is 0 Å². The van der Waals surface area contributed by atoms with Gasteiger partial charge in [0.1, 0.15) is 0 Å². The van der Waals surface area contributed by atoms with Crippen molar-refractivity contribution >= 4 is 0 Å². The molecule has 2 aliphatic heterocycles. The summed E-state index contributed by atoms with van der Waals surface area (Å²) in [4.78, 5) is 0. The zero-order valence-electron chi connectivity index (χ0n) is 13.4. The Kier molecular flexibility index (Phi) is 5.67. The predicted molar refractivity (Wildman–Crippen MR) is 81.1 cm³/mol. The molecule has 0 radical (unpaired) electrons. The normalized spacial score (nSPS) is 34.3. The molecule has 2 heterocycles. The van der Waals surface area contributed by atoms with Gasteiger partial charge in [-0.25, -0.2) is 0 Å². The van der Waals surface area contributed by atoms with Crippen molar-refractivity contribution in [3.63, 3.8) is 0 Å². The first-order valence-electron chi connectivity index (χ1n) is 7.76. The molecular weight excluding hydrogens is 220 g/mol. The molecule has 2 unspecified atom stereocenters. The van der Waals surface area contributed by atoms with Crippen LogP contribution in [-0.2, 0) is 0 Å². The van der Waals surface area contributed by atoms with Crippen molar-refractivity contribution in [3.8, 4) is 0 Å². The second-order valence-electron chi connectivity index (χ2n) is 7.65. The average molecular weight is 254 g/mol. The largest absolute Gasteiger partial charge is 0.312 e. The van der Waals surface area contributed by atoms with Crippen LogP contribution in [0.4, 0.5) is 0 Å². The summed E-state index contributed by atoms with van der Waals surface area (Å²) in [7, 11) is 0. The molecule has 2 rings (SSSR count). The van der Waals surface area contributed by atoms with Gasteiger partial charge in [-0.15, -0.1) is 0 Å². The second-order valence-corrected chi connectivity index (χ2v) is 7.65. The molecule has 0 saturated carbocycles. The van der Waals surface area contributed by atoms with Gasteiger partial charge in [0.05, 0.1) is 0 Å². The Labute approximate surface area is 114 Å². The van der Waals surface area contributed by atoms with E-state index in [4.69, 9.17) is 0 Å². The second kappa shape index (κ2) is 6.38. The fourth-order valence-corrected chi connectivity index (χ4v) is 3.40. The molecule has 2 saturated heterocycles. The number of hydrogen-bond acceptors (Lipinski definition) is 2. The Hall–Kier alpha value is -0.0800. The first-order chi connectivity index (χ1) is 8.20. The van der Waals surface area contributed by atoms with E-state index in [1.165, 1.54) is 38.5 Å². The van der Waals surface area contributed by atoms with Crippen LogP contribution in [0.3, 0.4) is 0 Å². The monoisotopic (exact) mass is 254 g/mol. The summed E-state index contributed by atoms with van der Waals surface area (Å²) in [5, 5.41) is 7.11. The molecule has 0 aromatic heterocycles. The first-order valence-corrected chi connectivity index (χ1v) is 7.76. The van der Waals surface area contributed by atoms with Crippen LogP contribution in [0.2, 0.25) is 0 Å². The zero-order chi connectivity index (χ0) is 13.8. The van der Waals surface area contributed by atoms with E-state index in [1.807, 2.05) is 0 Å². The van der Waals surface area contributed by atoms with E-state index in [9.17, 15) is 0 Å². The highest BCUT2D eigenvalue weighted by Crippen LogP contribution is 2.27. The predicted octanol–water partition coefficient (Wildman–Crippen LogP) is 3.85. The Morgan fingerprint density at radius 2 is 1.22 bits per heavy atom. The SMILES string of the molecule is CC1(C)CCCC(C)(C)N1.CC1CCCC(C)N1. The van der Waals surface area contributed by atoms with Crippen LogP contribution in [0.1, 0.15) is 80.1 Å². The van der Waals surface area contributed by atoms with Gasteiger partial charge in [-0.1, -0.05) is 6.42 Å². The molecule has 2 N–H and O–H groups in total. The molecule has 0 aromatic rings. The molecule has 0 bridgehead atoms. The topological polar surface area (TPSA) is 24.1 Å². The average Bonchev–Trinajstić information content (AvgIpc) is 2.13. The van der Waals surface area contributed by atoms with Crippen LogP contribution in [-0.4, -0.2) is 23.2 Å². The molecule has 2 aliphatic rings. The summed E-state index contributed by atoms with van der Waals surface area (Å²) in [6.07, 6.45) is 8.14. The van der Waals surface area contributed by atoms with Crippen molar-refractivity contribution in [3.05, 3.63) is 0 Å². The summed E-state index contributed by atoms with van der Waals surface area (Å²) in [5.41, 5.74) is 0.726. The van der Waals surface area contributed by atoms with E-state index in [0.29, 0.717) is 11.1 Å². The van der Waals surface area contributed by atoms with Crippen LogP contribution in [0.5, 0.6) is 0 Å². The highest BCUT2D eigenvalue weighted by molar-refractivity contribution is 4.92. The Morgan fingerprint density at radius 3 is 1.44 bits per heavy atom. The van der Waals surface area contributed by atoms with Crippen molar-refractivity contribution < 1.29 is 0 Å². The van der Waals surface area contributed by atoms with Gasteiger partial charge >= 0.3 is 0 Å². The maximum atomic E-state index is 3.63. The third kappa shape index (κ3) is 6.19. The third-order valence-electron chi connectivity index (χ3n) is 4.12. The number of hydrogen-bond donors (Lipinski definition) is 2. The first kappa shape index (κ1) is 16.0. The van der Waals surface area contributed by atoms with Gasteiger partial charge in [-0.05, 0) is 73.6 Å². The van der Waals surface area contributed by atoms with E-state index >= 15 is 0 Å². The summed E-state index contributed by atoms with van der Waals surface area (Å²) in [6.45, 7) is 13.7. The van der Waals surface area contributed by atoms with Crippen molar-refractivity contribution in [2.45, 2.75) is 103 Å². The van der Waals surface area contributed by atoms with Gasteiger partial charge in [0.25, 0.3) is 0 Å². The van der Waals surface area contributed by atoms with Crippen LogP contribution >= 0.6 is 0 Å². The Bertz CT molecular complexity index is 223. The third-order valence-corrected chi connectivity index (χ3v) is 4.12. The molecule has 2 atom stereocenters. The maximum Gasteiger partial charge on any atom is 0.0130 e. The van der Waals surface area contributed by atoms with Gasteiger partial charge in [0, 0.05) is 23.2 Å². The highest BCUT2D eigenvalue weighted by Gasteiger charge is 2.31. The minimum Gasteiger partial charge on any atom is -0.312 e. The Morgan fingerprint density at radius 1 is 0.778 bits per heavy atom. The molecule has 0 aliphatic carbocycles. The van der Waals surface area contributed by atoms with Crippen molar-refractivity contribution in [1.82, 2.24) is 10.6 Å². The fraction of sp³-hybridized carbons (Fsp3) is 1.00. The summed E-state index contributed by atoms with van der Waals surface area (Å²) in [5.74, 6) is 0. The van der Waals surface area contributed by atoms with Crippen molar-refractivity contribution in [2.24, 2.45) is 0 Å². The fourth-order valence-electron chi connectivity index (χ4n) is 3.40. The van der Waals surface area contributed by atoms with Crippen LogP contribution in [0, 0.1) is 0 Å². The smallest absolute Gasteiger partial charge is 0.0130 e. The van der Waals surface area contributed by atoms with E-state index in [0.717, 1.165) is 12.1 Å². The van der Waals surface area contributed by atoms with Crippen molar-refractivity contribution in [2.75, 3.05) is 0 Å². The number of rotatable bonds is 0. The van der Waals surface area contributed by atoms with E-state index in [1.54, 1.807) is 0 Å². The lowest BCUT2D eigenvalue weighted by atomic mass is 9.83. The lowest BCUT2D eigenvalue weighted by molar-refractivity contribution is 0.183. The molecule has 2 heteroatoms. The van der Waals surface area contributed by atoms with Crippen LogP contribution < -0.4 is 10.6 Å². The summed E-state index contributed by atoms with van der Waals surface area (Å²) < 4.78 is 0. The summed E-state index contributed by atoms with van der Waals surface area (Å²) >= 11 is 0. The van der Waals surface area contributed by atoms with E-state index < -0.39 is 0 Å². The maximum absolute atomic E-state index is 3.63. The lowest BCUT2D eigenvalue weighted by Crippen LogP contribution is -2.55.